The number of hydrogen-bond acceptors (Lipinski definition) is 14. The van der Waals surface area contributed by atoms with Crippen LogP contribution in [0.15, 0.2) is 30.3 Å². The van der Waals surface area contributed by atoms with Gasteiger partial charge in [0.05, 0.1) is 19.3 Å². The summed E-state index contributed by atoms with van der Waals surface area (Å²) in [6.45, 7) is -1.46. The molecule has 0 unspecified atom stereocenters. The molecule has 0 spiro atoms. The molecule has 0 amide bonds. The zero-order chi connectivity index (χ0) is 27.4. The van der Waals surface area contributed by atoms with E-state index in [9.17, 15) is 50.8 Å². The second-order valence-electron chi connectivity index (χ2n) is 8.21. The summed E-state index contributed by atoms with van der Waals surface area (Å²) in [5.74, 6) is -3.66. The van der Waals surface area contributed by atoms with Crippen molar-refractivity contribution in [1.82, 2.24) is 0 Å². The van der Waals surface area contributed by atoms with Crippen molar-refractivity contribution in [2.75, 3.05) is 20.3 Å². The Hall–Kier alpha value is -3.37. The number of methoxy groups -OCH3 is 1. The molecule has 7 atom stereocenters. The summed E-state index contributed by atoms with van der Waals surface area (Å²) < 4.78 is 20.9. The first kappa shape index (κ1) is 28.2. The van der Waals surface area contributed by atoms with Gasteiger partial charge in [-0.15, -0.1) is 0 Å². The van der Waals surface area contributed by atoms with Gasteiger partial charge in [-0.2, -0.15) is 0 Å². The van der Waals surface area contributed by atoms with Crippen LogP contribution in [0.4, 0.5) is 0 Å². The van der Waals surface area contributed by atoms with Crippen LogP contribution in [-0.2, 0) is 14.2 Å². The molecule has 0 aliphatic carbocycles. The first-order chi connectivity index (χ1) is 17.5. The average molecular weight is 528 g/mol. The normalized spacial score (nSPS) is 25.3. The van der Waals surface area contributed by atoms with Crippen LogP contribution >= 0.6 is 0 Å². The van der Waals surface area contributed by atoms with E-state index >= 15 is 0 Å². The zero-order valence-corrected chi connectivity index (χ0v) is 19.4. The van der Waals surface area contributed by atoms with E-state index in [2.05, 4.69) is 0 Å². The van der Waals surface area contributed by atoms with E-state index in [1.165, 1.54) is 25.3 Å². The fourth-order valence-corrected chi connectivity index (χ4v) is 3.61. The summed E-state index contributed by atoms with van der Waals surface area (Å²) in [6.07, 6.45) is -11.5. The Morgan fingerprint density at radius 2 is 1.62 bits per heavy atom. The molecule has 0 radical (unpaired) electrons. The maximum atomic E-state index is 12.3. The summed E-state index contributed by atoms with van der Waals surface area (Å²) in [5.41, 5.74) is -0.176. The Balaban J connectivity index is 1.70. The number of ether oxygens (including phenoxy) is 4. The quantitative estimate of drug-likeness (QED) is 0.134. The van der Waals surface area contributed by atoms with Crippen LogP contribution in [0.1, 0.15) is 22.0 Å². The molecular formula is C23H28O14. The van der Waals surface area contributed by atoms with Gasteiger partial charge in [0.2, 0.25) is 0 Å². The van der Waals surface area contributed by atoms with E-state index in [1.54, 1.807) is 0 Å². The second kappa shape index (κ2) is 11.8. The minimum absolute atomic E-state index is 0.0397. The number of carbonyl (C=O) groups is 1. The molecule has 9 N–H and O–H groups in total. The Morgan fingerprint density at radius 1 is 0.973 bits per heavy atom. The van der Waals surface area contributed by atoms with Gasteiger partial charge in [-0.3, -0.25) is 0 Å². The third kappa shape index (κ3) is 6.14. The number of aliphatic hydroxyl groups is 5. The summed E-state index contributed by atoms with van der Waals surface area (Å²) in [4.78, 5) is 12.3. The standard InChI is InChI=1S/C23H28O14/c1-34-14-6-9(2-3-11(14)25)17(28)15(7-24)36-23-21(32)20(31)19(30)16(37-23)8-35-22(33)10-4-12(26)18(29)13(27)5-10/h2-6,15-17,19-21,23-32H,7-8H2,1H3/t15-,16-,17-,19-,20+,21-,23-/m1/s1. The molecule has 0 aromatic heterocycles. The molecule has 37 heavy (non-hydrogen) atoms. The SMILES string of the molecule is COc1cc([C@@H](O)[C@@H](CO)O[C@@H]2O[C@H](COC(=O)c3cc(O)c(O)c(O)c3)[C@@H](O)[C@H](O)[C@H]2O)ccc1O. The molecule has 1 saturated heterocycles. The van der Waals surface area contributed by atoms with Gasteiger partial charge >= 0.3 is 5.97 Å². The molecule has 2 aromatic rings. The molecule has 14 nitrogen and oxygen atoms in total. The Bertz CT molecular complexity index is 1070. The Labute approximate surface area is 209 Å². The summed E-state index contributed by atoms with van der Waals surface area (Å²) in [5, 5.41) is 89.5. The van der Waals surface area contributed by atoms with Crippen LogP contribution in [-0.4, -0.2) is 109 Å². The Morgan fingerprint density at radius 3 is 2.22 bits per heavy atom. The number of esters is 1. The highest BCUT2D eigenvalue weighted by molar-refractivity contribution is 5.91. The van der Waals surface area contributed by atoms with Gasteiger partial charge in [-0.1, -0.05) is 6.07 Å². The van der Waals surface area contributed by atoms with Crippen molar-refractivity contribution < 1.29 is 69.7 Å². The lowest BCUT2D eigenvalue weighted by atomic mass is 9.99. The number of phenolic OH excluding ortho intramolecular Hbond substituents is 4. The molecule has 0 saturated carbocycles. The van der Waals surface area contributed by atoms with Crippen LogP contribution in [0.25, 0.3) is 0 Å². The van der Waals surface area contributed by atoms with E-state index in [1.807, 2.05) is 0 Å². The third-order valence-corrected chi connectivity index (χ3v) is 5.74. The summed E-state index contributed by atoms with van der Waals surface area (Å²) >= 11 is 0. The van der Waals surface area contributed by atoms with Crippen LogP contribution in [0.2, 0.25) is 0 Å². The second-order valence-corrected chi connectivity index (χ2v) is 8.21. The largest absolute Gasteiger partial charge is 0.504 e. The van der Waals surface area contributed by atoms with Crippen molar-refractivity contribution in [3.63, 3.8) is 0 Å². The highest BCUT2D eigenvalue weighted by atomic mass is 16.7. The van der Waals surface area contributed by atoms with Crippen LogP contribution in [0.5, 0.6) is 28.7 Å². The average Bonchev–Trinajstić information content (AvgIpc) is 2.88. The van der Waals surface area contributed by atoms with Crippen LogP contribution in [0.3, 0.4) is 0 Å². The number of hydrogen-bond donors (Lipinski definition) is 9. The minimum atomic E-state index is -1.84. The van der Waals surface area contributed by atoms with Gasteiger partial charge in [-0.25, -0.2) is 4.79 Å². The van der Waals surface area contributed by atoms with Crippen molar-refractivity contribution in [1.29, 1.82) is 0 Å². The Kier molecular flexibility index (Phi) is 8.98. The monoisotopic (exact) mass is 528 g/mol. The van der Waals surface area contributed by atoms with Crippen molar-refractivity contribution in [3.05, 3.63) is 41.5 Å². The molecule has 1 aliphatic rings. The maximum Gasteiger partial charge on any atom is 0.338 e. The van der Waals surface area contributed by atoms with E-state index in [0.717, 1.165) is 12.1 Å². The molecule has 1 fully saturated rings. The molecular weight excluding hydrogens is 500 g/mol. The molecule has 1 aliphatic heterocycles. The molecule has 3 rings (SSSR count). The highest BCUT2D eigenvalue weighted by Crippen LogP contribution is 2.36. The van der Waals surface area contributed by atoms with Gasteiger partial charge in [0.15, 0.2) is 35.0 Å². The molecule has 2 aromatic carbocycles. The lowest BCUT2D eigenvalue weighted by molar-refractivity contribution is -0.319. The van der Waals surface area contributed by atoms with Crippen molar-refractivity contribution in [2.24, 2.45) is 0 Å². The smallest absolute Gasteiger partial charge is 0.338 e. The van der Waals surface area contributed by atoms with Gasteiger partial charge in [0.25, 0.3) is 0 Å². The fraction of sp³-hybridized carbons (Fsp3) is 0.435. The van der Waals surface area contributed by atoms with Gasteiger partial charge in [-0.05, 0) is 29.8 Å². The van der Waals surface area contributed by atoms with E-state index in [0.29, 0.717) is 0 Å². The number of rotatable bonds is 9. The zero-order valence-electron chi connectivity index (χ0n) is 19.4. The van der Waals surface area contributed by atoms with Gasteiger partial charge in [0.1, 0.15) is 43.2 Å². The third-order valence-electron chi connectivity index (χ3n) is 5.74. The first-order valence-electron chi connectivity index (χ1n) is 10.9. The molecule has 204 valence electrons. The van der Waals surface area contributed by atoms with Gasteiger partial charge in [0, 0.05) is 0 Å². The van der Waals surface area contributed by atoms with E-state index < -0.39 is 79.3 Å². The maximum absolute atomic E-state index is 12.3. The lowest BCUT2D eigenvalue weighted by Gasteiger charge is -2.41. The summed E-state index contributed by atoms with van der Waals surface area (Å²) in [7, 11) is 1.30. The predicted molar refractivity (Wildman–Crippen MR) is 120 cm³/mol. The number of carbonyl (C=O) groups excluding carboxylic acids is 1. The van der Waals surface area contributed by atoms with Crippen molar-refractivity contribution in [2.45, 2.75) is 42.9 Å². The molecule has 0 bridgehead atoms. The number of benzene rings is 2. The number of aliphatic hydroxyl groups excluding tert-OH is 5. The van der Waals surface area contributed by atoms with Crippen LogP contribution in [0, 0.1) is 0 Å². The number of phenols is 4. The van der Waals surface area contributed by atoms with E-state index in [-0.39, 0.29) is 22.6 Å². The summed E-state index contributed by atoms with van der Waals surface area (Å²) in [6, 6.07) is 5.53. The van der Waals surface area contributed by atoms with Crippen LogP contribution < -0.4 is 4.74 Å². The molecule has 1 heterocycles. The van der Waals surface area contributed by atoms with Gasteiger partial charge < -0.3 is 64.9 Å². The predicted octanol–water partition coefficient (Wildman–Crippen LogP) is -1.41. The first-order valence-corrected chi connectivity index (χ1v) is 10.9. The minimum Gasteiger partial charge on any atom is -0.504 e. The van der Waals surface area contributed by atoms with E-state index in [4.69, 9.17) is 18.9 Å². The topological polar surface area (TPSA) is 236 Å². The number of aromatic hydroxyl groups is 4. The van der Waals surface area contributed by atoms with Crippen molar-refractivity contribution >= 4 is 5.97 Å². The van der Waals surface area contributed by atoms with Crippen molar-refractivity contribution in [3.8, 4) is 28.7 Å². The lowest BCUT2D eigenvalue weighted by Crippen LogP contribution is -2.60. The fourth-order valence-electron chi connectivity index (χ4n) is 3.61. The molecule has 14 heteroatoms. The highest BCUT2D eigenvalue weighted by Gasteiger charge is 2.46.